The van der Waals surface area contributed by atoms with Crippen molar-refractivity contribution in [1.82, 2.24) is 4.90 Å². The Morgan fingerprint density at radius 3 is 2.47 bits per heavy atom. The molecule has 1 saturated heterocycles. The summed E-state index contributed by atoms with van der Waals surface area (Å²) in [7, 11) is 1.33. The number of amides is 1. The zero-order chi connectivity index (χ0) is 13.7. The fraction of sp³-hybridized carbons (Fsp3) is 0.500. The molecule has 2 atom stereocenters. The van der Waals surface area contributed by atoms with E-state index in [0.717, 1.165) is 16.7 Å². The number of esters is 1. The third-order valence-electron chi connectivity index (χ3n) is 2.76. The van der Waals surface area contributed by atoms with Gasteiger partial charge in [-0.25, -0.2) is 4.79 Å². The van der Waals surface area contributed by atoms with Crippen LogP contribution in [0.15, 0.2) is 10.8 Å². The van der Waals surface area contributed by atoms with Gasteiger partial charge in [0.15, 0.2) is 10.8 Å². The van der Waals surface area contributed by atoms with Gasteiger partial charge >= 0.3 is 41.5 Å². The molecule has 0 spiro atoms. The number of fused-ring (bicyclic) bond motifs is 1. The van der Waals surface area contributed by atoms with Gasteiger partial charge in [-0.1, -0.05) is 11.8 Å². The van der Waals surface area contributed by atoms with E-state index in [4.69, 9.17) is 14.6 Å². The van der Waals surface area contributed by atoms with E-state index in [9.17, 15) is 14.4 Å². The minimum absolute atomic E-state index is 0. The van der Waals surface area contributed by atoms with Crippen LogP contribution in [-0.4, -0.2) is 75.5 Å². The second-order valence-electron chi connectivity index (χ2n) is 3.97. The van der Waals surface area contributed by atoms with Crippen LogP contribution in [0.5, 0.6) is 0 Å². The average Bonchev–Trinajstić information content (AvgIpc) is 2.56. The first-order chi connectivity index (χ1) is 8.32. The fourth-order valence-electron chi connectivity index (χ4n) is 2.02. The predicted molar refractivity (Wildman–Crippen MR) is 67.2 cm³/mol. The molecule has 0 aliphatic carbocycles. The Morgan fingerprint density at radius 2 is 2.05 bits per heavy atom. The molecular formula is C10H12NNaO6S. The molecule has 0 aromatic rings. The molecule has 7 nitrogen and oxygen atoms in total. The molecule has 2 heterocycles. The Bertz CT molecular complexity index is 492. The van der Waals surface area contributed by atoms with E-state index in [1.165, 1.54) is 14.0 Å². The summed E-state index contributed by atoms with van der Waals surface area (Å²) < 4.78 is 9.87. The van der Waals surface area contributed by atoms with Crippen LogP contribution in [0.4, 0.5) is 0 Å². The number of ether oxygens (including phenoxy) is 2. The zero-order valence-electron chi connectivity index (χ0n) is 9.92. The number of carbonyl (C=O) groups is 3. The Kier molecular flexibility index (Phi) is 4.61. The Morgan fingerprint density at radius 1 is 1.47 bits per heavy atom. The monoisotopic (exact) mass is 297 g/mol. The number of aliphatic carboxylic acids is 1. The predicted octanol–water partition coefficient (Wildman–Crippen LogP) is -0.525. The van der Waals surface area contributed by atoms with Gasteiger partial charge in [0, 0.05) is 6.92 Å². The molecule has 2 aliphatic rings. The molecular weight excluding hydrogens is 285 g/mol. The van der Waals surface area contributed by atoms with Gasteiger partial charge in [0.2, 0.25) is 6.10 Å². The molecule has 0 radical (unpaired) electrons. The number of carboxylic acids is 1. The molecule has 2 aliphatic heterocycles. The van der Waals surface area contributed by atoms with Gasteiger partial charge < -0.3 is 14.6 Å². The maximum atomic E-state index is 11.8. The third-order valence-corrected chi connectivity index (χ3v) is 4.12. The average molecular weight is 297 g/mol. The number of thioether (sulfide) groups is 1. The molecule has 100 valence electrons. The van der Waals surface area contributed by atoms with Crippen molar-refractivity contribution in [3.8, 4) is 0 Å². The number of β-lactam (4-membered cyclic amide) rings is 1. The van der Waals surface area contributed by atoms with Gasteiger partial charge in [0.1, 0.15) is 4.87 Å². The molecule has 2 rings (SSSR count). The van der Waals surface area contributed by atoms with Crippen LogP contribution in [0.25, 0.3) is 0 Å². The van der Waals surface area contributed by atoms with Gasteiger partial charge in [-0.2, -0.15) is 0 Å². The van der Waals surface area contributed by atoms with E-state index in [1.54, 1.807) is 6.92 Å². The first-order valence-corrected chi connectivity index (χ1v) is 5.86. The van der Waals surface area contributed by atoms with Crippen molar-refractivity contribution < 1.29 is 29.0 Å². The van der Waals surface area contributed by atoms with Gasteiger partial charge in [-0.05, 0) is 6.92 Å². The van der Waals surface area contributed by atoms with Crippen LogP contribution in [0.3, 0.4) is 0 Å². The van der Waals surface area contributed by atoms with E-state index in [2.05, 4.69) is 0 Å². The summed E-state index contributed by atoms with van der Waals surface area (Å²) in [6, 6.07) is 0. The van der Waals surface area contributed by atoms with Crippen LogP contribution in [-0.2, 0) is 23.9 Å². The minimum atomic E-state index is -1.25. The van der Waals surface area contributed by atoms with Crippen molar-refractivity contribution in [3.63, 3.8) is 0 Å². The molecule has 1 amide bonds. The second-order valence-corrected chi connectivity index (χ2v) is 5.37. The van der Waals surface area contributed by atoms with Crippen molar-refractivity contribution in [2.24, 2.45) is 0 Å². The summed E-state index contributed by atoms with van der Waals surface area (Å²) in [4.78, 5) is 34.0. The Balaban J connectivity index is 0.00000180. The molecule has 0 aromatic heterocycles. The first-order valence-electron chi connectivity index (χ1n) is 5.04. The van der Waals surface area contributed by atoms with Gasteiger partial charge in [0.25, 0.3) is 5.91 Å². The summed E-state index contributed by atoms with van der Waals surface area (Å²) in [5.74, 6) is -2.39. The van der Waals surface area contributed by atoms with Crippen molar-refractivity contribution >= 4 is 59.2 Å². The van der Waals surface area contributed by atoms with Crippen molar-refractivity contribution in [3.05, 3.63) is 10.8 Å². The first kappa shape index (κ1) is 16.4. The van der Waals surface area contributed by atoms with E-state index in [1.807, 2.05) is 0 Å². The van der Waals surface area contributed by atoms with E-state index >= 15 is 0 Å². The SMILES string of the molecule is COC1=C(C(=O)O)N2C(=O)C(OC(C)=O)[C@@]2(C)S1.[NaH]. The van der Waals surface area contributed by atoms with Crippen LogP contribution < -0.4 is 0 Å². The normalized spacial score (nSPS) is 28.3. The van der Waals surface area contributed by atoms with Crippen LogP contribution in [0, 0.1) is 0 Å². The Hall–Kier alpha value is -0.700. The van der Waals surface area contributed by atoms with Crippen molar-refractivity contribution in [2.45, 2.75) is 24.8 Å². The van der Waals surface area contributed by atoms with Gasteiger partial charge in [-0.15, -0.1) is 0 Å². The molecule has 1 N–H and O–H groups in total. The molecule has 9 heteroatoms. The zero-order valence-corrected chi connectivity index (χ0v) is 10.7. The molecule has 1 fully saturated rings. The fourth-order valence-corrected chi connectivity index (χ4v) is 3.28. The number of hydrogen-bond donors (Lipinski definition) is 1. The number of hydrogen-bond acceptors (Lipinski definition) is 6. The van der Waals surface area contributed by atoms with Crippen LogP contribution in [0.2, 0.25) is 0 Å². The standard InChI is InChI=1S/C10H11NO6S.Na.H/c1-4(12)17-6-7(13)11-5(8(14)15)9(16-3)18-10(6,11)2;;/h6H,1-3H3,(H,14,15);;/t6?,10-;;/m1../s1. The van der Waals surface area contributed by atoms with Gasteiger partial charge in [-0.3, -0.25) is 14.5 Å². The number of carbonyl (C=O) groups excluding carboxylic acids is 2. The van der Waals surface area contributed by atoms with Crippen molar-refractivity contribution in [1.29, 1.82) is 0 Å². The van der Waals surface area contributed by atoms with Crippen LogP contribution in [0.1, 0.15) is 13.8 Å². The molecule has 0 bridgehead atoms. The maximum absolute atomic E-state index is 11.8. The van der Waals surface area contributed by atoms with E-state index < -0.39 is 28.8 Å². The topological polar surface area (TPSA) is 93.1 Å². The summed E-state index contributed by atoms with van der Waals surface area (Å²) in [6.45, 7) is 2.82. The summed E-state index contributed by atoms with van der Waals surface area (Å²) in [5, 5.41) is 9.22. The van der Waals surface area contributed by atoms with E-state index in [0.29, 0.717) is 0 Å². The molecule has 19 heavy (non-hydrogen) atoms. The van der Waals surface area contributed by atoms with Crippen molar-refractivity contribution in [2.75, 3.05) is 7.11 Å². The number of carboxylic acid groups (broad SMARTS) is 1. The number of nitrogens with zero attached hydrogens (tertiary/aromatic N) is 1. The molecule has 1 unspecified atom stereocenters. The summed E-state index contributed by atoms with van der Waals surface area (Å²) in [5.41, 5.74) is -0.210. The second kappa shape index (κ2) is 5.35. The van der Waals surface area contributed by atoms with Crippen LogP contribution >= 0.6 is 11.8 Å². The number of rotatable bonds is 3. The quantitative estimate of drug-likeness (QED) is 0.425. The molecule has 0 aromatic carbocycles. The third kappa shape index (κ3) is 2.26. The summed E-state index contributed by atoms with van der Waals surface area (Å²) >= 11 is 1.06. The van der Waals surface area contributed by atoms with Gasteiger partial charge in [0.05, 0.1) is 7.11 Å². The Labute approximate surface area is 135 Å². The molecule has 0 saturated carbocycles. The number of methoxy groups -OCH3 is 1. The summed E-state index contributed by atoms with van der Waals surface area (Å²) in [6.07, 6.45) is -0.984. The van der Waals surface area contributed by atoms with E-state index in [-0.39, 0.29) is 40.3 Å².